The van der Waals surface area contributed by atoms with Gasteiger partial charge in [0, 0.05) is 0 Å². The average molecular weight is 321 g/mol. The van der Waals surface area contributed by atoms with E-state index < -0.39 is 0 Å². The molecule has 0 heterocycles. The van der Waals surface area contributed by atoms with E-state index in [4.69, 9.17) is 0 Å². The van der Waals surface area contributed by atoms with Gasteiger partial charge >= 0.3 is 0 Å². The molecule has 0 aliphatic carbocycles. The highest BCUT2D eigenvalue weighted by Gasteiger charge is -0.364. The summed E-state index contributed by atoms with van der Waals surface area (Å²) in [5.74, 6) is 0. The first-order chi connectivity index (χ1) is 0. The lowest BCUT2D eigenvalue weighted by Crippen LogP contribution is -3.00. The minimum atomic E-state index is 0. The molecule has 0 bridgehead atoms. The Kier molecular flexibility index (Phi) is 57400. The van der Waals surface area contributed by atoms with Crippen LogP contribution in [-0.2, 0) is 0 Å². The van der Waals surface area contributed by atoms with E-state index in [0.29, 0.717) is 0 Å². The molecule has 12 heavy (non-hydrogen) atoms. The van der Waals surface area contributed by atoms with Crippen molar-refractivity contribution in [2.45, 2.75) is 0 Å². The third kappa shape index (κ3) is 564. The van der Waals surface area contributed by atoms with Gasteiger partial charge in [-0.2, -0.15) is 0 Å². The minimum Gasteiger partial charge on any atom is -1.00 e. The highest BCUT2D eigenvalue weighted by Crippen LogP contribution is -0.476. The van der Waals surface area contributed by atoms with E-state index in [2.05, 4.69) is 0 Å². The van der Waals surface area contributed by atoms with Crippen LogP contribution in [0.25, 0.3) is 0 Å². The van der Waals surface area contributed by atoms with Crippen LogP contribution < -0.4 is 111 Å². The normalized spacial score (nSPS) is 0. The highest BCUT2D eigenvalue weighted by atomic mass is 35.5. The molecule has 0 fully saturated rings. The van der Waals surface area contributed by atoms with Crippen LogP contribution in [-0.4, -0.2) is 0 Å². The van der Waals surface area contributed by atoms with Gasteiger partial charge in [-0.05, 0) is 0 Å². The molecule has 0 aromatic heterocycles. The Labute approximate surface area is 111 Å². The molecule has 0 saturated carbocycles. The summed E-state index contributed by atoms with van der Waals surface area (Å²) in [7, 11) is 0. The molecule has 0 spiro atoms. The highest BCUT2D eigenvalue weighted by molar-refractivity contribution is 2.14. The summed E-state index contributed by atoms with van der Waals surface area (Å²) in [6.45, 7) is 0. The first kappa shape index (κ1) is 938. The summed E-state index contributed by atoms with van der Waals surface area (Å²) in [6.07, 6.45) is 0. The van der Waals surface area contributed by atoms with Crippen molar-refractivity contribution in [2.24, 2.45) is 0 Å². The molecule has 0 unspecified atom stereocenters. The van der Waals surface area contributed by atoms with Crippen LogP contribution >= 0.6 is 0 Å². The van der Waals surface area contributed by atoms with Gasteiger partial charge in [-0.1, -0.05) is 0 Å². The van der Waals surface area contributed by atoms with Crippen molar-refractivity contribution < 1.29 is 74.4 Å². The average Bonchev–Trinajstić information content (AvgIpc) is 0. The first-order valence-corrected chi connectivity index (χ1v) is 0. The van der Waals surface area contributed by atoms with Gasteiger partial charge in [0.25, 0.3) is 0 Å². The molecule has 0 amide bonds. The molecule has 96 valence electrons. The fourth-order valence-electron chi connectivity index (χ4n) is 0. The van der Waals surface area contributed by atoms with Crippen LogP contribution in [0.2, 0.25) is 0 Å². The van der Waals surface area contributed by atoms with Gasteiger partial charge in [0.15, 0.2) is 0 Å². The zero-order chi connectivity index (χ0) is 0. The topological polar surface area (TPSA) is 219 Å². The lowest BCUT2D eigenvalue weighted by atomic mass is 14.0. The molecular weight excluding hydrogens is 297 g/mol. The van der Waals surface area contributed by atoms with E-state index >= 15 is 0 Å². The summed E-state index contributed by atoms with van der Waals surface area (Å²) in [5.41, 5.74) is 0. The maximum Gasteiger partial charge on any atom is -0.369 e. The summed E-state index contributed by atoms with van der Waals surface area (Å²) in [6, 6.07) is 0. The van der Waals surface area contributed by atoms with Crippen molar-refractivity contribution in [3.05, 3.63) is 0 Å². The Morgan fingerprint density at radius 2 is 0.167 bits per heavy atom. The maximum atomic E-state index is 0. The molecule has 24 N–H and O–H groups in total. The number of quaternary nitrogens is 6. The van der Waals surface area contributed by atoms with Crippen molar-refractivity contribution in [2.75, 3.05) is 0 Å². The van der Waals surface area contributed by atoms with E-state index in [0.717, 1.165) is 0 Å². The molecule has 0 radical (unpaired) electrons. The van der Waals surface area contributed by atoms with Gasteiger partial charge < -0.3 is 111 Å². The fraction of sp³-hybridized carbons (Fsp3) is 0. The Morgan fingerprint density at radius 3 is 0.167 bits per heavy atom. The molecule has 0 aliphatic heterocycles. The van der Waals surface area contributed by atoms with Crippen molar-refractivity contribution in [3.63, 3.8) is 0 Å². The Hall–Kier alpha value is 1.50. The van der Waals surface area contributed by atoms with Crippen LogP contribution in [0.5, 0.6) is 0 Å². The Balaban J connectivity index is 0. The van der Waals surface area contributed by atoms with Crippen LogP contribution in [0, 0.1) is 0 Å². The van der Waals surface area contributed by atoms with E-state index in [1.54, 1.807) is 0 Å². The second-order valence-corrected chi connectivity index (χ2v) is 0. The molecule has 12 heteroatoms. The quantitative estimate of drug-likeness (QED) is 0.245. The monoisotopic (exact) mass is 318 g/mol. The third-order valence-electron chi connectivity index (χ3n) is 0. The summed E-state index contributed by atoms with van der Waals surface area (Å²) >= 11 is 0. The zero-order valence-electron chi connectivity index (χ0n) is 8.27. The fourth-order valence-corrected chi connectivity index (χ4v) is 0. The molecule has 0 atom stereocenters. The molecular formula is H24Cl6N6. The van der Waals surface area contributed by atoms with Crippen LogP contribution in [0.3, 0.4) is 0 Å². The molecule has 0 aliphatic rings. The molecule has 0 rings (SSSR count). The van der Waals surface area contributed by atoms with E-state index in [9.17, 15) is 0 Å². The molecule has 0 aromatic rings. The SMILES string of the molecule is [Cl-].[Cl-].[Cl-].[Cl-].[Cl-].[Cl-].[NH4+].[NH4+].[NH4+].[NH4+].[NH4+].[NH4+]. The van der Waals surface area contributed by atoms with Gasteiger partial charge in [0.1, 0.15) is 0 Å². The van der Waals surface area contributed by atoms with Crippen LogP contribution in [0.15, 0.2) is 0 Å². The second kappa shape index (κ2) is 735. The largest absolute Gasteiger partial charge is 1.00 e. The molecule has 0 saturated heterocycles. The molecule has 0 aromatic carbocycles. The van der Waals surface area contributed by atoms with Gasteiger partial charge in [0.2, 0.25) is 0 Å². The van der Waals surface area contributed by atoms with E-state index in [-0.39, 0.29) is 111 Å². The second-order valence-electron chi connectivity index (χ2n) is 0. The van der Waals surface area contributed by atoms with Crippen molar-refractivity contribution in [3.8, 4) is 0 Å². The van der Waals surface area contributed by atoms with Crippen molar-refractivity contribution >= 4 is 0 Å². The lowest BCUT2D eigenvalue weighted by molar-refractivity contribution is -0.00100. The number of rotatable bonds is 0. The van der Waals surface area contributed by atoms with Crippen molar-refractivity contribution in [1.29, 1.82) is 0 Å². The summed E-state index contributed by atoms with van der Waals surface area (Å²) < 4.78 is 0. The Morgan fingerprint density at radius 1 is 0.167 bits per heavy atom. The first-order valence-electron chi connectivity index (χ1n) is 0. The minimum absolute atomic E-state index is 0. The lowest BCUT2D eigenvalue weighted by Gasteiger charge is -1.00. The van der Waals surface area contributed by atoms with E-state index in [1.807, 2.05) is 0 Å². The standard InChI is InChI=1S/6ClH.6H3N/h6*1H;6*1H3. The number of hydrogen-bond donors (Lipinski definition) is 6. The predicted octanol–water partition coefficient (Wildman–Crippen LogP) is -15.7. The maximum absolute atomic E-state index is 0. The number of hydrogen-bond acceptors (Lipinski definition) is 0. The summed E-state index contributed by atoms with van der Waals surface area (Å²) in [4.78, 5) is 0. The smallest absolute Gasteiger partial charge is 0.369 e. The van der Waals surface area contributed by atoms with Gasteiger partial charge in [0.05, 0.1) is 0 Å². The van der Waals surface area contributed by atoms with Crippen LogP contribution in [0.4, 0.5) is 0 Å². The van der Waals surface area contributed by atoms with Gasteiger partial charge in [-0.3, -0.25) is 0 Å². The third-order valence-corrected chi connectivity index (χ3v) is 0. The zero-order valence-corrected chi connectivity index (χ0v) is 12.8. The van der Waals surface area contributed by atoms with Crippen LogP contribution in [0.1, 0.15) is 0 Å². The van der Waals surface area contributed by atoms with E-state index in [1.165, 1.54) is 0 Å². The van der Waals surface area contributed by atoms with Gasteiger partial charge in [-0.25, -0.2) is 0 Å². The van der Waals surface area contributed by atoms with Crippen molar-refractivity contribution in [1.82, 2.24) is 36.9 Å². The predicted molar refractivity (Wildman–Crippen MR) is 35.9 cm³/mol. The Bertz CT molecular complexity index is 12.0. The summed E-state index contributed by atoms with van der Waals surface area (Å²) in [5, 5.41) is 0. The van der Waals surface area contributed by atoms with Gasteiger partial charge in [-0.15, -0.1) is 0 Å². The number of halogens is 6. The molecule has 6 nitrogen and oxygen atoms in total.